The number of nitrogens with one attached hydrogen (secondary N) is 1. The van der Waals surface area contributed by atoms with Crippen molar-refractivity contribution in [1.29, 1.82) is 0 Å². The van der Waals surface area contributed by atoms with Crippen molar-refractivity contribution in [3.8, 4) is 0 Å². The molecule has 1 aliphatic heterocycles. The standard InChI is InChI=1S/C17H29N3S/c1-11(2)15-14(9-18-17(3,4)5)21-16(19-15)20-10-12-6-7-13(20)8-12/h11-13,18H,6-10H2,1-5H3. The normalized spacial score (nSPS) is 25.3. The Morgan fingerprint density at radius 2 is 2.10 bits per heavy atom. The second kappa shape index (κ2) is 5.54. The van der Waals surface area contributed by atoms with Crippen LogP contribution in [-0.4, -0.2) is 23.1 Å². The van der Waals surface area contributed by atoms with E-state index in [1.165, 1.54) is 41.5 Å². The Bertz CT molecular complexity index is 501. The Kier molecular flexibility index (Phi) is 4.04. The van der Waals surface area contributed by atoms with Crippen LogP contribution in [0.4, 0.5) is 5.13 Å². The van der Waals surface area contributed by atoms with Gasteiger partial charge in [0.1, 0.15) is 0 Å². The molecule has 3 nitrogen and oxygen atoms in total. The van der Waals surface area contributed by atoms with Gasteiger partial charge in [0.2, 0.25) is 0 Å². The fourth-order valence-corrected chi connectivity index (χ4v) is 4.79. The van der Waals surface area contributed by atoms with Crippen molar-refractivity contribution < 1.29 is 0 Å². The largest absolute Gasteiger partial charge is 0.345 e. The fourth-order valence-electron chi connectivity index (χ4n) is 3.56. The molecule has 1 saturated heterocycles. The van der Waals surface area contributed by atoms with Gasteiger partial charge in [0, 0.05) is 29.5 Å². The lowest BCUT2D eigenvalue weighted by atomic mass is 10.1. The van der Waals surface area contributed by atoms with E-state index in [1.807, 2.05) is 11.3 Å². The molecule has 0 aromatic carbocycles. The lowest BCUT2D eigenvalue weighted by Crippen LogP contribution is -2.35. The van der Waals surface area contributed by atoms with Crippen molar-refractivity contribution in [2.24, 2.45) is 5.92 Å². The number of nitrogens with zero attached hydrogens (tertiary/aromatic N) is 2. The molecule has 2 fully saturated rings. The second-order valence-electron chi connectivity index (χ2n) is 8.05. The Labute approximate surface area is 133 Å². The molecule has 1 N–H and O–H groups in total. The van der Waals surface area contributed by atoms with Crippen LogP contribution >= 0.6 is 11.3 Å². The molecule has 2 unspecified atom stereocenters. The highest BCUT2D eigenvalue weighted by Gasteiger charge is 2.39. The lowest BCUT2D eigenvalue weighted by Gasteiger charge is -2.26. The molecule has 118 valence electrons. The summed E-state index contributed by atoms with van der Waals surface area (Å²) >= 11 is 1.92. The first-order valence-corrected chi connectivity index (χ1v) is 9.16. The van der Waals surface area contributed by atoms with Gasteiger partial charge in [-0.3, -0.25) is 0 Å². The molecule has 4 heteroatoms. The van der Waals surface area contributed by atoms with E-state index in [-0.39, 0.29) is 5.54 Å². The van der Waals surface area contributed by atoms with E-state index in [1.54, 1.807) is 0 Å². The second-order valence-corrected chi connectivity index (χ2v) is 9.11. The van der Waals surface area contributed by atoms with E-state index in [0.717, 1.165) is 18.5 Å². The van der Waals surface area contributed by atoms with Crippen molar-refractivity contribution in [3.63, 3.8) is 0 Å². The Morgan fingerprint density at radius 3 is 2.62 bits per heavy atom. The molecular weight excluding hydrogens is 278 g/mol. The van der Waals surface area contributed by atoms with E-state index in [4.69, 9.17) is 4.98 Å². The molecule has 2 heterocycles. The van der Waals surface area contributed by atoms with Gasteiger partial charge in [-0.25, -0.2) is 4.98 Å². The number of thiazole rings is 1. The number of rotatable bonds is 4. The van der Waals surface area contributed by atoms with Crippen molar-refractivity contribution in [1.82, 2.24) is 10.3 Å². The zero-order valence-corrected chi connectivity index (χ0v) is 14.9. The molecule has 1 aliphatic carbocycles. The molecule has 1 saturated carbocycles. The third kappa shape index (κ3) is 3.26. The maximum absolute atomic E-state index is 5.02. The molecule has 2 atom stereocenters. The molecule has 1 aromatic heterocycles. The van der Waals surface area contributed by atoms with Gasteiger partial charge in [0.05, 0.1) is 5.69 Å². The minimum absolute atomic E-state index is 0.158. The van der Waals surface area contributed by atoms with Gasteiger partial charge in [-0.15, -0.1) is 11.3 Å². The van der Waals surface area contributed by atoms with Gasteiger partial charge >= 0.3 is 0 Å². The average Bonchev–Trinajstić information content (AvgIpc) is 3.09. The van der Waals surface area contributed by atoms with Gasteiger partial charge in [-0.05, 0) is 51.9 Å². The predicted molar refractivity (Wildman–Crippen MR) is 91.3 cm³/mol. The smallest absolute Gasteiger partial charge is 0.186 e. The van der Waals surface area contributed by atoms with Crippen LogP contribution in [0.5, 0.6) is 0 Å². The van der Waals surface area contributed by atoms with Crippen molar-refractivity contribution >= 4 is 16.5 Å². The highest BCUT2D eigenvalue weighted by Crippen LogP contribution is 2.42. The van der Waals surface area contributed by atoms with Crippen LogP contribution in [-0.2, 0) is 6.54 Å². The first-order chi connectivity index (χ1) is 9.83. The lowest BCUT2D eigenvalue weighted by molar-refractivity contribution is 0.425. The van der Waals surface area contributed by atoms with E-state index in [2.05, 4.69) is 44.8 Å². The topological polar surface area (TPSA) is 28.2 Å². The van der Waals surface area contributed by atoms with Gasteiger partial charge in [0.15, 0.2) is 5.13 Å². The van der Waals surface area contributed by atoms with Crippen LogP contribution in [0.2, 0.25) is 0 Å². The van der Waals surface area contributed by atoms with Crippen LogP contribution in [0.15, 0.2) is 0 Å². The van der Waals surface area contributed by atoms with Crippen LogP contribution in [0, 0.1) is 5.92 Å². The number of hydrogen-bond acceptors (Lipinski definition) is 4. The summed E-state index contributed by atoms with van der Waals surface area (Å²) in [6.45, 7) is 13.4. The summed E-state index contributed by atoms with van der Waals surface area (Å²) in [6.07, 6.45) is 4.20. The quantitative estimate of drug-likeness (QED) is 0.906. The van der Waals surface area contributed by atoms with Crippen LogP contribution in [0.25, 0.3) is 0 Å². The first kappa shape index (κ1) is 15.3. The molecule has 0 radical (unpaired) electrons. The summed E-state index contributed by atoms with van der Waals surface area (Å²) in [7, 11) is 0. The van der Waals surface area contributed by atoms with Crippen LogP contribution < -0.4 is 10.2 Å². The predicted octanol–water partition coefficient (Wildman–Crippen LogP) is 4.14. The maximum atomic E-state index is 5.02. The highest BCUT2D eigenvalue weighted by atomic mass is 32.1. The number of hydrogen-bond donors (Lipinski definition) is 1. The monoisotopic (exact) mass is 307 g/mol. The van der Waals surface area contributed by atoms with E-state index in [0.29, 0.717) is 5.92 Å². The van der Waals surface area contributed by atoms with Crippen molar-refractivity contribution in [2.75, 3.05) is 11.4 Å². The van der Waals surface area contributed by atoms with E-state index >= 15 is 0 Å². The summed E-state index contributed by atoms with van der Waals surface area (Å²) in [5.74, 6) is 1.43. The van der Waals surface area contributed by atoms with Gasteiger partial charge in [-0.1, -0.05) is 13.8 Å². The van der Waals surface area contributed by atoms with Gasteiger partial charge in [-0.2, -0.15) is 0 Å². The minimum atomic E-state index is 0.158. The first-order valence-electron chi connectivity index (χ1n) is 8.35. The summed E-state index contributed by atoms with van der Waals surface area (Å²) < 4.78 is 0. The van der Waals surface area contributed by atoms with Gasteiger partial charge < -0.3 is 10.2 Å². The molecule has 0 amide bonds. The third-order valence-corrected chi connectivity index (χ3v) is 5.81. The van der Waals surface area contributed by atoms with Crippen LogP contribution in [0.3, 0.4) is 0 Å². The third-order valence-electron chi connectivity index (χ3n) is 4.70. The molecule has 21 heavy (non-hydrogen) atoms. The Hall–Kier alpha value is -0.610. The van der Waals surface area contributed by atoms with Crippen molar-refractivity contribution in [2.45, 2.75) is 77.9 Å². The molecule has 1 aromatic rings. The molecule has 2 bridgehead atoms. The number of piperidine rings is 1. The summed E-state index contributed by atoms with van der Waals surface area (Å²) in [6, 6.07) is 0.768. The van der Waals surface area contributed by atoms with Gasteiger partial charge in [0.25, 0.3) is 0 Å². The zero-order chi connectivity index (χ0) is 15.2. The average molecular weight is 308 g/mol. The van der Waals surface area contributed by atoms with E-state index < -0.39 is 0 Å². The minimum Gasteiger partial charge on any atom is -0.345 e. The number of fused-ring (bicyclic) bond motifs is 2. The summed E-state index contributed by atoms with van der Waals surface area (Å²) in [5, 5.41) is 4.90. The van der Waals surface area contributed by atoms with Crippen molar-refractivity contribution in [3.05, 3.63) is 10.6 Å². The van der Waals surface area contributed by atoms with Crippen LogP contribution in [0.1, 0.15) is 70.4 Å². The number of aromatic nitrogens is 1. The van der Waals surface area contributed by atoms with E-state index in [9.17, 15) is 0 Å². The summed E-state index contributed by atoms with van der Waals surface area (Å²) in [5.41, 5.74) is 1.46. The Morgan fingerprint density at radius 1 is 1.33 bits per heavy atom. The highest BCUT2D eigenvalue weighted by molar-refractivity contribution is 7.15. The maximum Gasteiger partial charge on any atom is 0.186 e. The molecule has 3 rings (SSSR count). The Balaban J connectivity index is 1.79. The fraction of sp³-hybridized carbons (Fsp3) is 0.824. The SMILES string of the molecule is CC(C)c1nc(N2CC3CCC2C3)sc1CNC(C)(C)C. The number of anilines is 1. The molecular formula is C17H29N3S. The summed E-state index contributed by atoms with van der Waals surface area (Å²) in [4.78, 5) is 9.03. The molecule has 0 spiro atoms. The zero-order valence-electron chi connectivity index (χ0n) is 14.1. The molecule has 2 aliphatic rings.